The van der Waals surface area contributed by atoms with E-state index in [1.807, 2.05) is 4.90 Å². The Labute approximate surface area is 94.0 Å². The fourth-order valence-corrected chi connectivity index (χ4v) is 1.70. The highest BCUT2D eigenvalue weighted by atomic mass is 16.5. The zero-order chi connectivity index (χ0) is 11.4. The molecule has 1 fully saturated rings. The lowest BCUT2D eigenvalue weighted by Crippen LogP contribution is -2.47. The number of hydrogen-bond acceptors (Lipinski definition) is 5. The van der Waals surface area contributed by atoms with E-state index >= 15 is 0 Å². The molecular formula is C10H16N4O2. The lowest BCUT2D eigenvalue weighted by Gasteiger charge is -2.24. The van der Waals surface area contributed by atoms with E-state index in [0.717, 1.165) is 25.2 Å². The number of rotatable bonds is 4. The summed E-state index contributed by atoms with van der Waals surface area (Å²) < 4.78 is 5.12. The summed E-state index contributed by atoms with van der Waals surface area (Å²) in [5.41, 5.74) is 0. The van der Waals surface area contributed by atoms with E-state index in [-0.39, 0.29) is 5.91 Å². The molecular weight excluding hydrogens is 208 g/mol. The molecule has 1 saturated heterocycles. The second kappa shape index (κ2) is 5.07. The molecule has 1 aliphatic heterocycles. The van der Waals surface area contributed by atoms with Crippen LogP contribution in [0.5, 0.6) is 0 Å². The molecule has 1 aromatic heterocycles. The Bertz CT molecular complexity index is 363. The second-order valence-electron chi connectivity index (χ2n) is 3.91. The monoisotopic (exact) mass is 224 g/mol. The Hall–Kier alpha value is -1.43. The molecule has 0 atom stereocenters. The third-order valence-corrected chi connectivity index (χ3v) is 2.46. The van der Waals surface area contributed by atoms with Crippen LogP contribution >= 0.6 is 0 Å². The van der Waals surface area contributed by atoms with Crippen molar-refractivity contribution in [2.75, 3.05) is 19.6 Å². The summed E-state index contributed by atoms with van der Waals surface area (Å²) in [4.78, 5) is 17.4. The van der Waals surface area contributed by atoms with Gasteiger partial charge in [0.1, 0.15) is 0 Å². The molecule has 0 spiro atoms. The minimum atomic E-state index is 0.0551. The van der Waals surface area contributed by atoms with Gasteiger partial charge in [-0.3, -0.25) is 9.69 Å². The van der Waals surface area contributed by atoms with Crippen LogP contribution < -0.4 is 5.32 Å². The number of piperazine rings is 1. The summed E-state index contributed by atoms with van der Waals surface area (Å²) in [5, 5.41) is 6.65. The Balaban J connectivity index is 1.89. The number of carbonyl (C=O) groups excluding carboxylic acids is 1. The van der Waals surface area contributed by atoms with Gasteiger partial charge >= 0.3 is 0 Å². The lowest BCUT2D eigenvalue weighted by atomic mass is 10.3. The smallest absolute Gasteiger partial charge is 0.240 e. The van der Waals surface area contributed by atoms with Crippen molar-refractivity contribution in [2.45, 2.75) is 26.3 Å². The molecule has 1 N–H and O–H groups in total. The molecule has 88 valence electrons. The van der Waals surface area contributed by atoms with E-state index in [0.29, 0.717) is 25.5 Å². The van der Waals surface area contributed by atoms with Crippen LogP contribution in [0.2, 0.25) is 0 Å². The van der Waals surface area contributed by atoms with Gasteiger partial charge in [0.2, 0.25) is 11.8 Å². The molecule has 0 aliphatic carbocycles. The van der Waals surface area contributed by atoms with Crippen LogP contribution in [0.15, 0.2) is 4.52 Å². The average Bonchev–Trinajstić information content (AvgIpc) is 2.66. The normalized spacial score (nSPS) is 17.4. The molecule has 0 unspecified atom stereocenters. The summed E-state index contributed by atoms with van der Waals surface area (Å²) in [7, 11) is 0. The zero-order valence-corrected chi connectivity index (χ0v) is 9.40. The largest absolute Gasteiger partial charge is 0.354 e. The van der Waals surface area contributed by atoms with Gasteiger partial charge < -0.3 is 9.84 Å². The van der Waals surface area contributed by atoms with E-state index < -0.39 is 0 Å². The maximum atomic E-state index is 11.2. The molecule has 2 rings (SSSR count). The van der Waals surface area contributed by atoms with Crippen LogP contribution in [0, 0.1) is 0 Å². The SMILES string of the molecule is CCCc1noc(CN2CCNC(=O)C2)n1. The van der Waals surface area contributed by atoms with Crippen LogP contribution in [0.3, 0.4) is 0 Å². The molecule has 16 heavy (non-hydrogen) atoms. The fraction of sp³-hybridized carbons (Fsp3) is 0.700. The Morgan fingerprint density at radius 2 is 2.44 bits per heavy atom. The fourth-order valence-electron chi connectivity index (χ4n) is 1.70. The van der Waals surface area contributed by atoms with Crippen molar-refractivity contribution >= 4 is 5.91 Å². The molecule has 2 heterocycles. The van der Waals surface area contributed by atoms with Crippen LogP contribution in [0.1, 0.15) is 25.1 Å². The van der Waals surface area contributed by atoms with Gasteiger partial charge in [-0.1, -0.05) is 12.1 Å². The van der Waals surface area contributed by atoms with Gasteiger partial charge in [-0.05, 0) is 6.42 Å². The summed E-state index contributed by atoms with van der Waals surface area (Å²) >= 11 is 0. The Morgan fingerprint density at radius 3 is 3.19 bits per heavy atom. The second-order valence-corrected chi connectivity index (χ2v) is 3.91. The molecule has 0 aromatic carbocycles. The summed E-state index contributed by atoms with van der Waals surface area (Å²) in [5.74, 6) is 1.40. The number of nitrogens with one attached hydrogen (secondary N) is 1. The predicted octanol–water partition coefficient (Wildman–Crippen LogP) is -0.0461. The Morgan fingerprint density at radius 1 is 1.56 bits per heavy atom. The average molecular weight is 224 g/mol. The van der Waals surface area contributed by atoms with Crippen LogP contribution in [-0.2, 0) is 17.8 Å². The number of amides is 1. The van der Waals surface area contributed by atoms with Gasteiger partial charge in [0.15, 0.2) is 5.82 Å². The van der Waals surface area contributed by atoms with Gasteiger partial charge in [-0.25, -0.2) is 0 Å². The highest BCUT2D eigenvalue weighted by Gasteiger charge is 2.18. The lowest BCUT2D eigenvalue weighted by molar-refractivity contribution is -0.124. The van der Waals surface area contributed by atoms with Crippen molar-refractivity contribution in [3.8, 4) is 0 Å². The summed E-state index contributed by atoms with van der Waals surface area (Å²) in [6, 6.07) is 0. The van der Waals surface area contributed by atoms with E-state index in [1.54, 1.807) is 0 Å². The topological polar surface area (TPSA) is 71.3 Å². The minimum absolute atomic E-state index is 0.0551. The number of aryl methyl sites for hydroxylation is 1. The number of carbonyl (C=O) groups is 1. The van der Waals surface area contributed by atoms with E-state index in [1.165, 1.54) is 0 Å². The molecule has 0 radical (unpaired) electrons. The first-order valence-corrected chi connectivity index (χ1v) is 5.58. The Kier molecular flexibility index (Phi) is 3.51. The van der Waals surface area contributed by atoms with Crippen LogP contribution in [0.4, 0.5) is 0 Å². The maximum absolute atomic E-state index is 11.2. The van der Waals surface area contributed by atoms with Gasteiger partial charge in [-0.15, -0.1) is 0 Å². The predicted molar refractivity (Wildman–Crippen MR) is 56.6 cm³/mol. The minimum Gasteiger partial charge on any atom is -0.354 e. The van der Waals surface area contributed by atoms with Crippen LogP contribution in [0.25, 0.3) is 0 Å². The number of nitrogens with zero attached hydrogens (tertiary/aromatic N) is 3. The number of hydrogen-bond donors (Lipinski definition) is 1. The first-order valence-electron chi connectivity index (χ1n) is 5.58. The van der Waals surface area contributed by atoms with Crippen molar-refractivity contribution in [2.24, 2.45) is 0 Å². The van der Waals surface area contributed by atoms with E-state index in [2.05, 4.69) is 22.4 Å². The molecule has 6 heteroatoms. The van der Waals surface area contributed by atoms with Gasteiger partial charge in [0, 0.05) is 19.5 Å². The maximum Gasteiger partial charge on any atom is 0.240 e. The van der Waals surface area contributed by atoms with E-state index in [4.69, 9.17) is 4.52 Å². The first kappa shape index (κ1) is 11.1. The van der Waals surface area contributed by atoms with Crippen molar-refractivity contribution in [1.29, 1.82) is 0 Å². The van der Waals surface area contributed by atoms with Gasteiger partial charge in [0.05, 0.1) is 13.1 Å². The molecule has 0 bridgehead atoms. The quantitative estimate of drug-likeness (QED) is 0.776. The molecule has 1 amide bonds. The zero-order valence-electron chi connectivity index (χ0n) is 9.40. The third kappa shape index (κ3) is 2.79. The highest BCUT2D eigenvalue weighted by Crippen LogP contribution is 2.05. The van der Waals surface area contributed by atoms with Crippen molar-refractivity contribution in [3.05, 3.63) is 11.7 Å². The molecule has 1 aliphatic rings. The molecule has 0 saturated carbocycles. The highest BCUT2D eigenvalue weighted by molar-refractivity contribution is 5.78. The standard InChI is InChI=1S/C10H16N4O2/c1-2-3-8-12-10(16-13-8)7-14-5-4-11-9(15)6-14/h2-7H2,1H3,(H,11,15). The number of aromatic nitrogens is 2. The summed E-state index contributed by atoms with van der Waals surface area (Å²) in [6.45, 7) is 4.56. The van der Waals surface area contributed by atoms with Crippen LogP contribution in [-0.4, -0.2) is 40.6 Å². The third-order valence-electron chi connectivity index (χ3n) is 2.46. The van der Waals surface area contributed by atoms with Gasteiger partial charge in [-0.2, -0.15) is 4.98 Å². The molecule has 6 nitrogen and oxygen atoms in total. The van der Waals surface area contributed by atoms with Crippen molar-refractivity contribution in [3.63, 3.8) is 0 Å². The van der Waals surface area contributed by atoms with Gasteiger partial charge in [0.25, 0.3) is 0 Å². The first-order chi connectivity index (χ1) is 7.78. The summed E-state index contributed by atoms with van der Waals surface area (Å²) in [6.07, 6.45) is 1.84. The van der Waals surface area contributed by atoms with Crippen molar-refractivity contribution in [1.82, 2.24) is 20.4 Å². The van der Waals surface area contributed by atoms with E-state index in [9.17, 15) is 4.79 Å². The molecule has 1 aromatic rings. The van der Waals surface area contributed by atoms with Crippen molar-refractivity contribution < 1.29 is 9.32 Å².